The van der Waals surface area contributed by atoms with Crippen LogP contribution in [0.5, 0.6) is 0 Å². The molecule has 4 aromatic rings. The molecule has 180 valence electrons. The summed E-state index contributed by atoms with van der Waals surface area (Å²) in [5.74, 6) is -0.758. The number of carbonyl (C=O) groups excluding carboxylic acids is 2. The lowest BCUT2D eigenvalue weighted by atomic mass is 9.83. The average molecular weight is 479 g/mol. The van der Waals surface area contributed by atoms with E-state index in [9.17, 15) is 14.4 Å². The van der Waals surface area contributed by atoms with Gasteiger partial charge in [0.25, 0.3) is 11.8 Å². The molecule has 6 heteroatoms. The number of hydrogen-bond acceptors (Lipinski definition) is 4. The Balaban J connectivity index is 1.66. The highest BCUT2D eigenvalue weighted by atomic mass is 16.3. The van der Waals surface area contributed by atoms with Crippen LogP contribution >= 0.6 is 0 Å². The van der Waals surface area contributed by atoms with E-state index in [0.29, 0.717) is 29.5 Å². The molecule has 1 atom stereocenters. The molecule has 3 heterocycles. The van der Waals surface area contributed by atoms with Crippen molar-refractivity contribution in [1.29, 1.82) is 0 Å². The number of para-hydroxylation sites is 1. The van der Waals surface area contributed by atoms with Crippen molar-refractivity contribution in [2.24, 2.45) is 0 Å². The molecule has 2 amide bonds. The summed E-state index contributed by atoms with van der Waals surface area (Å²) in [6.45, 7) is 6.45. The molecule has 2 aliphatic rings. The van der Waals surface area contributed by atoms with E-state index >= 15 is 0 Å². The molecule has 3 aromatic carbocycles. The summed E-state index contributed by atoms with van der Waals surface area (Å²) in [5.41, 5.74) is 2.92. The number of fused-ring (bicyclic) bond motifs is 5. The second-order valence-corrected chi connectivity index (χ2v) is 9.54. The Bertz CT molecular complexity index is 1620. The Labute approximate surface area is 208 Å². The second-order valence-electron chi connectivity index (χ2n) is 9.54. The summed E-state index contributed by atoms with van der Waals surface area (Å²) < 4.78 is 6.17. The lowest BCUT2D eigenvalue weighted by Crippen LogP contribution is -2.54. The molecule has 0 saturated heterocycles. The third-order valence-electron chi connectivity index (χ3n) is 7.64. The van der Waals surface area contributed by atoms with Gasteiger partial charge in [-0.1, -0.05) is 48.5 Å². The van der Waals surface area contributed by atoms with Gasteiger partial charge in [0.15, 0.2) is 11.0 Å². The van der Waals surface area contributed by atoms with E-state index in [1.807, 2.05) is 75.4 Å². The minimum Gasteiger partial charge on any atom is -0.450 e. The van der Waals surface area contributed by atoms with Crippen LogP contribution in [0.15, 0.2) is 75.9 Å². The van der Waals surface area contributed by atoms with E-state index in [1.165, 1.54) is 0 Å². The molecule has 6 nitrogen and oxygen atoms in total. The van der Waals surface area contributed by atoms with Gasteiger partial charge in [0.05, 0.1) is 16.6 Å². The fourth-order valence-electron chi connectivity index (χ4n) is 5.75. The zero-order chi connectivity index (χ0) is 25.2. The standard InChI is InChI=1S/C30H26N2O4/c1-4-31-23-13-9-8-12-22(23)30(29(31)35)25-26(33)21-16-18(2)19(3)17-24(21)36-27(25)28(34)32(30)15-14-20-10-6-5-7-11-20/h5-13,16-17H,4,14-15H2,1-3H3. The van der Waals surface area contributed by atoms with Crippen LogP contribution in [0.25, 0.3) is 11.0 Å². The molecule has 0 saturated carbocycles. The number of aryl methyl sites for hydroxylation is 2. The summed E-state index contributed by atoms with van der Waals surface area (Å²) in [6.07, 6.45) is 0.538. The van der Waals surface area contributed by atoms with Crippen molar-refractivity contribution in [2.75, 3.05) is 18.0 Å². The number of benzene rings is 3. The lowest BCUT2D eigenvalue weighted by molar-refractivity contribution is -0.126. The van der Waals surface area contributed by atoms with Crippen LogP contribution in [-0.2, 0) is 16.8 Å². The third kappa shape index (κ3) is 2.81. The van der Waals surface area contributed by atoms with Gasteiger partial charge in [-0.15, -0.1) is 0 Å². The SMILES string of the molecule is CCN1C(=O)C2(c3ccccc31)c1c(oc3cc(C)c(C)cc3c1=O)C(=O)N2CCc1ccccc1. The zero-order valence-corrected chi connectivity index (χ0v) is 20.5. The molecule has 0 fully saturated rings. The monoisotopic (exact) mass is 478 g/mol. The largest absolute Gasteiger partial charge is 0.450 e. The van der Waals surface area contributed by atoms with E-state index in [-0.39, 0.29) is 29.2 Å². The van der Waals surface area contributed by atoms with E-state index in [4.69, 9.17) is 4.42 Å². The first kappa shape index (κ1) is 22.3. The number of rotatable bonds is 4. The van der Waals surface area contributed by atoms with Crippen LogP contribution in [0.1, 0.15) is 45.3 Å². The maximum absolute atomic E-state index is 14.3. The van der Waals surface area contributed by atoms with Crippen LogP contribution in [-0.4, -0.2) is 29.8 Å². The van der Waals surface area contributed by atoms with Crippen molar-refractivity contribution in [3.05, 3.63) is 111 Å². The van der Waals surface area contributed by atoms with Crippen molar-refractivity contribution in [2.45, 2.75) is 32.7 Å². The number of carbonyl (C=O) groups is 2. The Morgan fingerprint density at radius 3 is 2.33 bits per heavy atom. The van der Waals surface area contributed by atoms with E-state index in [0.717, 1.165) is 22.4 Å². The van der Waals surface area contributed by atoms with Crippen LogP contribution in [0.2, 0.25) is 0 Å². The highest BCUT2D eigenvalue weighted by Gasteiger charge is 2.64. The number of amides is 2. The maximum atomic E-state index is 14.3. The zero-order valence-electron chi connectivity index (χ0n) is 20.5. The number of likely N-dealkylation sites (N-methyl/N-ethyl adjacent to an activating group) is 1. The minimum atomic E-state index is -1.55. The normalized spacial score (nSPS) is 18.4. The van der Waals surface area contributed by atoms with Gasteiger partial charge in [-0.3, -0.25) is 14.4 Å². The third-order valence-corrected chi connectivity index (χ3v) is 7.64. The molecule has 36 heavy (non-hydrogen) atoms. The molecular formula is C30H26N2O4. The fourth-order valence-corrected chi connectivity index (χ4v) is 5.75. The first-order valence-electron chi connectivity index (χ1n) is 12.3. The van der Waals surface area contributed by atoms with Gasteiger partial charge in [-0.2, -0.15) is 0 Å². The van der Waals surface area contributed by atoms with Crippen molar-refractivity contribution in [1.82, 2.24) is 4.90 Å². The highest BCUT2D eigenvalue weighted by Crippen LogP contribution is 2.52. The van der Waals surface area contributed by atoms with Crippen molar-refractivity contribution < 1.29 is 14.0 Å². The molecule has 2 aliphatic heterocycles. The summed E-state index contributed by atoms with van der Waals surface area (Å²) in [6, 6.07) is 20.9. The van der Waals surface area contributed by atoms with Crippen LogP contribution in [0.3, 0.4) is 0 Å². The molecule has 1 unspecified atom stereocenters. The molecule has 1 aromatic heterocycles. The Morgan fingerprint density at radius 2 is 1.58 bits per heavy atom. The van der Waals surface area contributed by atoms with E-state index < -0.39 is 11.4 Å². The molecule has 0 bridgehead atoms. The number of hydrogen-bond donors (Lipinski definition) is 0. The highest BCUT2D eigenvalue weighted by molar-refractivity contribution is 6.17. The quantitative estimate of drug-likeness (QED) is 0.426. The molecule has 0 radical (unpaired) electrons. The average Bonchev–Trinajstić information content (AvgIpc) is 3.28. The molecule has 6 rings (SSSR count). The van der Waals surface area contributed by atoms with E-state index in [1.54, 1.807) is 21.9 Å². The smallest absolute Gasteiger partial charge is 0.291 e. The van der Waals surface area contributed by atoms with Crippen molar-refractivity contribution >= 4 is 28.5 Å². The number of nitrogens with zero attached hydrogens (tertiary/aromatic N) is 2. The van der Waals surface area contributed by atoms with Gasteiger partial charge < -0.3 is 14.2 Å². The van der Waals surface area contributed by atoms with Crippen LogP contribution in [0, 0.1) is 13.8 Å². The van der Waals surface area contributed by atoms with Gasteiger partial charge in [-0.05, 0) is 62.1 Å². The second kappa shape index (κ2) is 7.92. The van der Waals surface area contributed by atoms with E-state index in [2.05, 4.69) is 0 Å². The fraction of sp³-hybridized carbons (Fsp3) is 0.233. The lowest BCUT2D eigenvalue weighted by Gasteiger charge is -2.34. The predicted molar refractivity (Wildman–Crippen MR) is 138 cm³/mol. The van der Waals surface area contributed by atoms with Crippen molar-refractivity contribution in [3.8, 4) is 0 Å². The topological polar surface area (TPSA) is 70.8 Å². The van der Waals surface area contributed by atoms with Crippen LogP contribution in [0.4, 0.5) is 5.69 Å². The molecule has 1 spiro atoms. The van der Waals surface area contributed by atoms with Gasteiger partial charge in [0.1, 0.15) is 5.58 Å². The summed E-state index contributed by atoms with van der Waals surface area (Å²) >= 11 is 0. The Kier molecular flexibility index (Phi) is 4.90. The summed E-state index contributed by atoms with van der Waals surface area (Å²) in [4.78, 5) is 45.7. The predicted octanol–water partition coefficient (Wildman–Crippen LogP) is 4.72. The first-order chi connectivity index (χ1) is 17.4. The van der Waals surface area contributed by atoms with Crippen molar-refractivity contribution in [3.63, 3.8) is 0 Å². The Hall–Kier alpha value is -4.19. The van der Waals surface area contributed by atoms with Gasteiger partial charge in [0, 0.05) is 18.7 Å². The van der Waals surface area contributed by atoms with Gasteiger partial charge in [0.2, 0.25) is 5.76 Å². The molecule has 0 N–H and O–H groups in total. The summed E-state index contributed by atoms with van der Waals surface area (Å²) in [5, 5.41) is 0.383. The molecular weight excluding hydrogens is 452 g/mol. The van der Waals surface area contributed by atoms with Crippen LogP contribution < -0.4 is 10.3 Å². The first-order valence-corrected chi connectivity index (χ1v) is 12.3. The summed E-state index contributed by atoms with van der Waals surface area (Å²) in [7, 11) is 0. The molecule has 0 aliphatic carbocycles. The number of anilines is 1. The van der Waals surface area contributed by atoms with Gasteiger partial charge >= 0.3 is 0 Å². The maximum Gasteiger partial charge on any atom is 0.291 e. The Morgan fingerprint density at radius 1 is 0.889 bits per heavy atom. The minimum absolute atomic E-state index is 0.0371. The van der Waals surface area contributed by atoms with Gasteiger partial charge in [-0.25, -0.2) is 0 Å².